The highest BCUT2D eigenvalue weighted by molar-refractivity contribution is 6.30. The number of benzene rings is 1. The topological polar surface area (TPSA) is 18.5 Å². The lowest BCUT2D eigenvalue weighted by atomic mass is 10.3. The first-order valence-electron chi connectivity index (χ1n) is 3.67. The van der Waals surface area contributed by atoms with E-state index in [0.29, 0.717) is 16.5 Å². The van der Waals surface area contributed by atoms with Crippen LogP contribution in [-0.2, 0) is 0 Å². The van der Waals surface area contributed by atoms with Crippen LogP contribution in [0.4, 0.5) is 0 Å². The molecule has 0 radical (unpaired) electrons. The molecule has 0 bridgehead atoms. The quantitative estimate of drug-likeness (QED) is 0.691. The molecule has 0 saturated heterocycles. The van der Waals surface area contributed by atoms with E-state index < -0.39 is 0 Å². The molecule has 0 atom stereocenters. The van der Waals surface area contributed by atoms with Crippen LogP contribution in [0, 0.1) is 12.3 Å². The lowest BCUT2D eigenvalue weighted by molar-refractivity contribution is 0.331. The zero-order chi connectivity index (χ0) is 9.68. The predicted octanol–water partition coefficient (Wildman–Crippen LogP) is 2.36. The molecule has 68 valence electrons. The van der Waals surface area contributed by atoms with Crippen LogP contribution in [0.1, 0.15) is 0 Å². The Morgan fingerprint density at radius 3 is 2.85 bits per heavy atom. The van der Waals surface area contributed by atoms with Gasteiger partial charge in [0, 0.05) is 11.1 Å². The fourth-order valence-corrected chi connectivity index (χ4v) is 1.04. The van der Waals surface area contributed by atoms with E-state index in [1.54, 1.807) is 25.3 Å². The van der Waals surface area contributed by atoms with Crippen molar-refractivity contribution in [3.05, 3.63) is 23.2 Å². The number of methoxy groups -OCH3 is 1. The molecule has 0 aliphatic heterocycles. The van der Waals surface area contributed by atoms with E-state index in [-0.39, 0.29) is 6.61 Å². The summed E-state index contributed by atoms with van der Waals surface area (Å²) in [5.41, 5.74) is 0. The maximum absolute atomic E-state index is 5.75. The summed E-state index contributed by atoms with van der Waals surface area (Å²) in [7, 11) is 1.55. The third kappa shape index (κ3) is 2.57. The van der Waals surface area contributed by atoms with E-state index in [9.17, 15) is 0 Å². The number of rotatable bonds is 3. The van der Waals surface area contributed by atoms with Crippen molar-refractivity contribution < 1.29 is 9.47 Å². The second kappa shape index (κ2) is 4.64. The normalized spacial score (nSPS) is 9.00. The van der Waals surface area contributed by atoms with Gasteiger partial charge in [0.25, 0.3) is 0 Å². The summed E-state index contributed by atoms with van der Waals surface area (Å²) >= 11 is 5.75. The summed E-state index contributed by atoms with van der Waals surface area (Å²) in [6.45, 7) is 0.220. The minimum Gasteiger partial charge on any atom is -0.493 e. The molecule has 0 N–H and O–H groups in total. The van der Waals surface area contributed by atoms with Gasteiger partial charge in [0.15, 0.2) is 11.5 Å². The Labute approximate surface area is 82.4 Å². The molecule has 1 aromatic carbocycles. The average Bonchev–Trinajstić information content (AvgIpc) is 2.16. The molecule has 13 heavy (non-hydrogen) atoms. The van der Waals surface area contributed by atoms with Gasteiger partial charge in [-0.15, -0.1) is 6.42 Å². The second-order valence-electron chi connectivity index (χ2n) is 2.29. The average molecular weight is 197 g/mol. The zero-order valence-electron chi connectivity index (χ0n) is 7.21. The smallest absolute Gasteiger partial charge is 0.162 e. The fourth-order valence-electron chi connectivity index (χ4n) is 0.880. The third-order valence-electron chi connectivity index (χ3n) is 1.44. The van der Waals surface area contributed by atoms with Crippen molar-refractivity contribution in [1.29, 1.82) is 0 Å². The van der Waals surface area contributed by atoms with Crippen molar-refractivity contribution in [2.24, 2.45) is 0 Å². The fraction of sp³-hybridized carbons (Fsp3) is 0.200. The molecule has 0 heterocycles. The SMILES string of the molecule is C#CCOc1ccc(Cl)cc1OC. The van der Waals surface area contributed by atoms with Gasteiger partial charge >= 0.3 is 0 Å². The highest BCUT2D eigenvalue weighted by Gasteiger charge is 2.03. The van der Waals surface area contributed by atoms with Crippen LogP contribution in [-0.4, -0.2) is 13.7 Å². The van der Waals surface area contributed by atoms with Crippen molar-refractivity contribution in [3.63, 3.8) is 0 Å². The van der Waals surface area contributed by atoms with Gasteiger partial charge < -0.3 is 9.47 Å². The van der Waals surface area contributed by atoms with Crippen LogP contribution >= 0.6 is 11.6 Å². The van der Waals surface area contributed by atoms with Gasteiger partial charge in [0.05, 0.1) is 7.11 Å². The van der Waals surface area contributed by atoms with Gasteiger partial charge in [-0.25, -0.2) is 0 Å². The summed E-state index contributed by atoms with van der Waals surface area (Å²) in [6.07, 6.45) is 5.06. The predicted molar refractivity (Wildman–Crippen MR) is 52.3 cm³/mol. The largest absolute Gasteiger partial charge is 0.493 e. The molecule has 0 spiro atoms. The summed E-state index contributed by atoms with van der Waals surface area (Å²) in [6, 6.07) is 5.11. The first-order valence-corrected chi connectivity index (χ1v) is 4.05. The van der Waals surface area contributed by atoms with Crippen LogP contribution in [0.5, 0.6) is 11.5 Å². The standard InChI is InChI=1S/C10H9ClO2/c1-3-6-13-9-5-4-8(11)7-10(9)12-2/h1,4-5,7H,6H2,2H3. The minimum atomic E-state index is 0.220. The molecule has 0 unspecified atom stereocenters. The van der Waals surface area contributed by atoms with Gasteiger partial charge in [-0.05, 0) is 12.1 Å². The highest BCUT2D eigenvalue weighted by Crippen LogP contribution is 2.29. The van der Waals surface area contributed by atoms with Crippen LogP contribution in [0.3, 0.4) is 0 Å². The van der Waals surface area contributed by atoms with Crippen LogP contribution in [0.15, 0.2) is 18.2 Å². The van der Waals surface area contributed by atoms with Crippen LogP contribution < -0.4 is 9.47 Å². The van der Waals surface area contributed by atoms with Crippen LogP contribution in [0.2, 0.25) is 5.02 Å². The molecule has 1 aromatic rings. The Morgan fingerprint density at radius 1 is 1.46 bits per heavy atom. The van der Waals surface area contributed by atoms with E-state index in [0.717, 1.165) is 0 Å². The van der Waals surface area contributed by atoms with E-state index in [2.05, 4.69) is 5.92 Å². The van der Waals surface area contributed by atoms with Gasteiger partial charge in [0.1, 0.15) is 6.61 Å². The van der Waals surface area contributed by atoms with Crippen molar-refractivity contribution >= 4 is 11.6 Å². The molecule has 3 heteroatoms. The first kappa shape index (κ1) is 9.76. The minimum absolute atomic E-state index is 0.220. The molecular weight excluding hydrogens is 188 g/mol. The lowest BCUT2D eigenvalue weighted by Crippen LogP contribution is -1.96. The molecule has 0 aliphatic carbocycles. The number of terminal acetylenes is 1. The molecule has 0 aliphatic rings. The van der Waals surface area contributed by atoms with E-state index >= 15 is 0 Å². The monoisotopic (exact) mass is 196 g/mol. The zero-order valence-corrected chi connectivity index (χ0v) is 7.97. The van der Waals surface area contributed by atoms with Gasteiger partial charge in [-0.1, -0.05) is 17.5 Å². The molecule has 0 aromatic heterocycles. The Bertz CT molecular complexity index is 328. The molecular formula is C10H9ClO2. The Kier molecular flexibility index (Phi) is 3.48. The molecule has 0 saturated carbocycles. The molecule has 1 rings (SSSR count). The first-order chi connectivity index (χ1) is 6.27. The second-order valence-corrected chi connectivity index (χ2v) is 2.72. The Balaban J connectivity index is 2.87. The van der Waals surface area contributed by atoms with Crippen molar-refractivity contribution in [3.8, 4) is 23.8 Å². The molecule has 2 nitrogen and oxygen atoms in total. The molecule has 0 fully saturated rings. The summed E-state index contributed by atoms with van der Waals surface area (Å²) in [4.78, 5) is 0. The molecule has 0 amide bonds. The van der Waals surface area contributed by atoms with Gasteiger partial charge in [-0.3, -0.25) is 0 Å². The lowest BCUT2D eigenvalue weighted by Gasteiger charge is -2.08. The summed E-state index contributed by atoms with van der Waals surface area (Å²) < 4.78 is 10.3. The Morgan fingerprint density at radius 2 is 2.23 bits per heavy atom. The maximum Gasteiger partial charge on any atom is 0.162 e. The van der Waals surface area contributed by atoms with Gasteiger partial charge in [-0.2, -0.15) is 0 Å². The Hall–Kier alpha value is -1.33. The van der Waals surface area contributed by atoms with Crippen molar-refractivity contribution in [2.75, 3.05) is 13.7 Å². The highest BCUT2D eigenvalue weighted by atomic mass is 35.5. The van der Waals surface area contributed by atoms with E-state index in [1.807, 2.05) is 0 Å². The van der Waals surface area contributed by atoms with Crippen LogP contribution in [0.25, 0.3) is 0 Å². The summed E-state index contributed by atoms with van der Waals surface area (Å²) in [5, 5.41) is 0.602. The van der Waals surface area contributed by atoms with Crippen molar-refractivity contribution in [2.45, 2.75) is 0 Å². The van der Waals surface area contributed by atoms with Gasteiger partial charge in [0.2, 0.25) is 0 Å². The number of halogens is 1. The number of ether oxygens (including phenoxy) is 2. The van der Waals surface area contributed by atoms with Crippen molar-refractivity contribution in [1.82, 2.24) is 0 Å². The number of hydrogen-bond acceptors (Lipinski definition) is 2. The van der Waals surface area contributed by atoms with E-state index in [1.165, 1.54) is 0 Å². The third-order valence-corrected chi connectivity index (χ3v) is 1.67. The number of hydrogen-bond donors (Lipinski definition) is 0. The maximum atomic E-state index is 5.75. The van der Waals surface area contributed by atoms with E-state index in [4.69, 9.17) is 27.5 Å². The summed E-state index contributed by atoms with van der Waals surface area (Å²) in [5.74, 6) is 3.56.